The minimum atomic E-state index is -0.223. The quantitative estimate of drug-likeness (QED) is 0.566. The molecule has 0 saturated heterocycles. The molecule has 25 heavy (non-hydrogen) atoms. The van der Waals surface area contributed by atoms with Crippen LogP contribution in [-0.4, -0.2) is 35.2 Å². The van der Waals surface area contributed by atoms with Gasteiger partial charge in [-0.2, -0.15) is 0 Å². The van der Waals surface area contributed by atoms with Gasteiger partial charge in [0.05, 0.1) is 0 Å². The van der Waals surface area contributed by atoms with Crippen molar-refractivity contribution in [3.63, 3.8) is 0 Å². The average molecular weight is 348 g/mol. The molecule has 0 atom stereocenters. The molecule has 1 aliphatic carbocycles. The maximum absolute atomic E-state index is 12.1. The molecule has 5 heteroatoms. The normalized spacial score (nSPS) is 20.1. The van der Waals surface area contributed by atoms with Crippen LogP contribution in [0.2, 0.25) is 0 Å². The Morgan fingerprint density at radius 2 is 1.44 bits per heavy atom. The van der Waals surface area contributed by atoms with Crippen molar-refractivity contribution in [2.45, 2.75) is 89.5 Å². The summed E-state index contributed by atoms with van der Waals surface area (Å²) < 4.78 is 0. The fraction of sp³-hybridized carbons (Fsp3) is 0.750. The molecule has 1 fully saturated rings. The van der Waals surface area contributed by atoms with Gasteiger partial charge in [0.1, 0.15) is 0 Å². The Morgan fingerprint density at radius 1 is 0.880 bits per heavy atom. The third-order valence-electron chi connectivity index (χ3n) is 5.16. The smallest absolute Gasteiger partial charge is 0.253 e. The highest BCUT2D eigenvalue weighted by molar-refractivity contribution is 6.12. The average Bonchev–Trinajstić information content (AvgIpc) is 2.92. The molecule has 0 spiro atoms. The lowest BCUT2D eigenvalue weighted by Gasteiger charge is -2.20. The van der Waals surface area contributed by atoms with Crippen molar-refractivity contribution in [1.82, 2.24) is 10.2 Å². The van der Waals surface area contributed by atoms with E-state index in [4.69, 9.17) is 0 Å². The van der Waals surface area contributed by atoms with Crippen molar-refractivity contribution in [3.05, 3.63) is 12.2 Å². The Labute approximate surface area is 151 Å². The minimum Gasteiger partial charge on any atom is -0.353 e. The summed E-state index contributed by atoms with van der Waals surface area (Å²) in [5.41, 5.74) is 0. The van der Waals surface area contributed by atoms with Gasteiger partial charge in [-0.25, -0.2) is 0 Å². The van der Waals surface area contributed by atoms with Gasteiger partial charge in [-0.3, -0.25) is 19.3 Å². The Kier molecular flexibility index (Phi) is 8.70. The van der Waals surface area contributed by atoms with Crippen molar-refractivity contribution in [3.8, 4) is 0 Å². The van der Waals surface area contributed by atoms with Crippen molar-refractivity contribution in [2.24, 2.45) is 0 Å². The Morgan fingerprint density at radius 3 is 2.04 bits per heavy atom. The van der Waals surface area contributed by atoms with Crippen LogP contribution >= 0.6 is 0 Å². The molecule has 1 saturated carbocycles. The van der Waals surface area contributed by atoms with Gasteiger partial charge in [0.25, 0.3) is 11.8 Å². The van der Waals surface area contributed by atoms with E-state index in [0.717, 1.165) is 32.1 Å². The van der Waals surface area contributed by atoms with Crippen LogP contribution in [0.3, 0.4) is 0 Å². The Balaban J connectivity index is 1.56. The van der Waals surface area contributed by atoms with Crippen LogP contribution in [0.5, 0.6) is 0 Å². The number of imide groups is 1. The summed E-state index contributed by atoms with van der Waals surface area (Å²) in [5.74, 6) is -0.297. The molecular weight excluding hydrogens is 316 g/mol. The van der Waals surface area contributed by atoms with E-state index in [0.29, 0.717) is 19.0 Å². The van der Waals surface area contributed by atoms with Gasteiger partial charge in [-0.05, 0) is 25.7 Å². The molecule has 0 aromatic heterocycles. The van der Waals surface area contributed by atoms with Gasteiger partial charge in [0.15, 0.2) is 0 Å². The summed E-state index contributed by atoms with van der Waals surface area (Å²) in [4.78, 5) is 36.3. The zero-order chi connectivity index (χ0) is 17.9. The first-order chi connectivity index (χ1) is 12.2. The van der Waals surface area contributed by atoms with Crippen LogP contribution in [0.15, 0.2) is 12.2 Å². The molecular formula is C20H32N2O3. The number of carbonyl (C=O) groups excluding carboxylic acids is 3. The van der Waals surface area contributed by atoms with Gasteiger partial charge in [0, 0.05) is 31.2 Å². The van der Waals surface area contributed by atoms with E-state index in [2.05, 4.69) is 5.32 Å². The molecule has 1 N–H and O–H groups in total. The summed E-state index contributed by atoms with van der Waals surface area (Å²) in [6, 6.07) is 0.344. The second-order valence-corrected chi connectivity index (χ2v) is 7.29. The van der Waals surface area contributed by atoms with Gasteiger partial charge in [-0.1, -0.05) is 51.4 Å². The Hall–Kier alpha value is -1.65. The fourth-order valence-corrected chi connectivity index (χ4v) is 3.64. The van der Waals surface area contributed by atoms with E-state index >= 15 is 0 Å². The van der Waals surface area contributed by atoms with Crippen LogP contribution in [0.25, 0.3) is 0 Å². The first-order valence-corrected chi connectivity index (χ1v) is 10.00. The number of hydrogen-bond donors (Lipinski definition) is 1. The van der Waals surface area contributed by atoms with Crippen LogP contribution in [0.1, 0.15) is 83.5 Å². The number of hydrogen-bond acceptors (Lipinski definition) is 3. The monoisotopic (exact) mass is 348 g/mol. The highest BCUT2D eigenvalue weighted by atomic mass is 16.2. The summed E-state index contributed by atoms with van der Waals surface area (Å²) >= 11 is 0. The highest BCUT2D eigenvalue weighted by Gasteiger charge is 2.22. The second-order valence-electron chi connectivity index (χ2n) is 7.29. The maximum Gasteiger partial charge on any atom is 0.253 e. The number of carbonyl (C=O) groups is 3. The van der Waals surface area contributed by atoms with Crippen molar-refractivity contribution in [1.29, 1.82) is 0 Å². The second kappa shape index (κ2) is 11.1. The molecule has 5 nitrogen and oxygen atoms in total. The van der Waals surface area contributed by atoms with Gasteiger partial charge in [-0.15, -0.1) is 0 Å². The van der Waals surface area contributed by atoms with Crippen molar-refractivity contribution < 1.29 is 14.4 Å². The zero-order valence-corrected chi connectivity index (χ0v) is 15.3. The van der Waals surface area contributed by atoms with E-state index in [1.165, 1.54) is 62.0 Å². The summed E-state index contributed by atoms with van der Waals surface area (Å²) in [6.45, 7) is 0.453. The lowest BCUT2D eigenvalue weighted by molar-refractivity contribution is -0.137. The standard InChI is InChI=1S/C20H32N2O3/c23-18(21-17-11-7-4-2-1-3-5-8-12-17)13-9-6-10-16-22-19(24)14-15-20(22)25/h14-15,17H,1-13,16H2,(H,21,23). The first kappa shape index (κ1) is 19.7. The minimum absolute atomic E-state index is 0.150. The molecule has 0 aromatic carbocycles. The molecule has 0 bridgehead atoms. The molecule has 0 aromatic rings. The van der Waals surface area contributed by atoms with E-state index in [1.807, 2.05) is 0 Å². The first-order valence-electron chi connectivity index (χ1n) is 10.00. The van der Waals surface area contributed by atoms with Crippen LogP contribution in [0.4, 0.5) is 0 Å². The molecule has 2 rings (SSSR count). The number of nitrogens with one attached hydrogen (secondary N) is 1. The van der Waals surface area contributed by atoms with Crippen LogP contribution < -0.4 is 5.32 Å². The third-order valence-corrected chi connectivity index (χ3v) is 5.16. The zero-order valence-electron chi connectivity index (χ0n) is 15.3. The van der Waals surface area contributed by atoms with E-state index < -0.39 is 0 Å². The highest BCUT2D eigenvalue weighted by Crippen LogP contribution is 2.17. The predicted molar refractivity (Wildman–Crippen MR) is 97.8 cm³/mol. The molecule has 3 amide bonds. The fourth-order valence-electron chi connectivity index (χ4n) is 3.64. The number of nitrogens with zero attached hydrogens (tertiary/aromatic N) is 1. The topological polar surface area (TPSA) is 66.5 Å². The van der Waals surface area contributed by atoms with Gasteiger partial charge in [0.2, 0.25) is 5.91 Å². The molecule has 2 aliphatic rings. The number of rotatable bonds is 7. The number of unbranched alkanes of at least 4 members (excludes halogenated alkanes) is 2. The van der Waals surface area contributed by atoms with E-state index in [-0.39, 0.29) is 17.7 Å². The lowest BCUT2D eigenvalue weighted by Crippen LogP contribution is -2.34. The van der Waals surface area contributed by atoms with Gasteiger partial charge >= 0.3 is 0 Å². The summed E-state index contributed by atoms with van der Waals surface area (Å²) in [5, 5.41) is 3.21. The SMILES string of the molecule is O=C(CCCCCN1C(=O)C=CC1=O)NC1CCCCCCCCC1. The molecule has 1 aliphatic heterocycles. The largest absolute Gasteiger partial charge is 0.353 e. The predicted octanol–water partition coefficient (Wildman–Crippen LogP) is 3.48. The molecule has 0 unspecified atom stereocenters. The van der Waals surface area contributed by atoms with Crippen molar-refractivity contribution >= 4 is 17.7 Å². The number of amides is 3. The lowest BCUT2D eigenvalue weighted by atomic mass is 9.97. The Bertz CT molecular complexity index is 459. The molecule has 140 valence electrons. The van der Waals surface area contributed by atoms with Gasteiger partial charge < -0.3 is 5.32 Å². The maximum atomic E-state index is 12.1. The van der Waals surface area contributed by atoms with E-state index in [9.17, 15) is 14.4 Å². The molecule has 1 heterocycles. The molecule has 0 radical (unpaired) electrons. The summed E-state index contributed by atoms with van der Waals surface area (Å²) in [7, 11) is 0. The van der Waals surface area contributed by atoms with Crippen molar-refractivity contribution in [2.75, 3.05) is 6.54 Å². The van der Waals surface area contributed by atoms with Crippen LogP contribution in [0, 0.1) is 0 Å². The van der Waals surface area contributed by atoms with E-state index in [1.54, 1.807) is 0 Å². The third kappa shape index (κ3) is 7.41. The van der Waals surface area contributed by atoms with Crippen LogP contribution in [-0.2, 0) is 14.4 Å². The summed E-state index contributed by atoms with van der Waals surface area (Å²) in [6.07, 6.45) is 16.8.